The highest BCUT2D eigenvalue weighted by molar-refractivity contribution is 7.15. The Labute approximate surface area is 203 Å². The SMILES string of the molecule is COc1ccc(-c2sc(C)nc2C(=O)O)cn1.Cn1cc(CCNCC2CC2)c2ccccc21. The average molecular weight is 479 g/mol. The second-order valence-electron chi connectivity index (χ2n) is 8.48. The van der Waals surface area contributed by atoms with E-state index in [1.165, 1.54) is 54.3 Å². The maximum atomic E-state index is 11.0. The van der Waals surface area contributed by atoms with E-state index < -0.39 is 5.97 Å². The van der Waals surface area contributed by atoms with Crippen LogP contribution in [-0.4, -0.2) is 45.8 Å². The van der Waals surface area contributed by atoms with Crippen molar-refractivity contribution in [2.24, 2.45) is 13.0 Å². The van der Waals surface area contributed by atoms with Crippen molar-refractivity contribution < 1.29 is 14.6 Å². The van der Waals surface area contributed by atoms with Gasteiger partial charge in [0, 0.05) is 42.0 Å². The van der Waals surface area contributed by atoms with Crippen LogP contribution in [0, 0.1) is 12.8 Å². The number of nitrogens with zero attached hydrogens (tertiary/aromatic N) is 3. The molecule has 3 aromatic heterocycles. The zero-order valence-electron chi connectivity index (χ0n) is 19.7. The van der Waals surface area contributed by atoms with Gasteiger partial charge in [0.25, 0.3) is 0 Å². The summed E-state index contributed by atoms with van der Waals surface area (Å²) < 4.78 is 7.18. The summed E-state index contributed by atoms with van der Waals surface area (Å²) in [4.78, 5) is 19.7. The molecule has 0 spiro atoms. The maximum Gasteiger partial charge on any atom is 0.356 e. The molecule has 1 aliphatic carbocycles. The maximum absolute atomic E-state index is 11.0. The Morgan fingerprint density at radius 2 is 2.06 bits per heavy atom. The van der Waals surface area contributed by atoms with Gasteiger partial charge in [-0.2, -0.15) is 0 Å². The third kappa shape index (κ3) is 5.81. The van der Waals surface area contributed by atoms with E-state index in [1.54, 1.807) is 25.3 Å². The lowest BCUT2D eigenvalue weighted by Crippen LogP contribution is -2.19. The summed E-state index contributed by atoms with van der Waals surface area (Å²) in [5.74, 6) is 0.439. The molecule has 1 aliphatic rings. The van der Waals surface area contributed by atoms with Gasteiger partial charge in [0.15, 0.2) is 5.69 Å². The molecular weight excluding hydrogens is 448 g/mol. The number of carboxylic acids is 1. The molecule has 5 rings (SSSR count). The minimum atomic E-state index is -1.03. The molecule has 0 bridgehead atoms. The fourth-order valence-electron chi connectivity index (χ4n) is 3.88. The number of fused-ring (bicyclic) bond motifs is 1. The first-order chi connectivity index (χ1) is 16.5. The molecule has 1 fully saturated rings. The summed E-state index contributed by atoms with van der Waals surface area (Å²) >= 11 is 1.34. The Balaban J connectivity index is 0.000000161. The number of aromatic nitrogens is 3. The van der Waals surface area contributed by atoms with Crippen LogP contribution in [0.3, 0.4) is 0 Å². The highest BCUT2D eigenvalue weighted by Gasteiger charge is 2.20. The van der Waals surface area contributed by atoms with E-state index in [0.717, 1.165) is 24.4 Å². The summed E-state index contributed by atoms with van der Waals surface area (Å²) in [6.07, 6.45) is 7.85. The quantitative estimate of drug-likeness (QED) is 0.349. The van der Waals surface area contributed by atoms with E-state index in [4.69, 9.17) is 9.84 Å². The number of benzene rings is 1. The zero-order chi connectivity index (χ0) is 24.1. The van der Waals surface area contributed by atoms with Gasteiger partial charge in [-0.25, -0.2) is 14.8 Å². The first-order valence-corrected chi connectivity index (χ1v) is 12.2. The molecule has 1 saturated carbocycles. The molecule has 178 valence electrons. The Morgan fingerprint density at radius 3 is 2.74 bits per heavy atom. The summed E-state index contributed by atoms with van der Waals surface area (Å²) in [6, 6.07) is 12.1. The zero-order valence-corrected chi connectivity index (χ0v) is 20.6. The van der Waals surface area contributed by atoms with Crippen LogP contribution in [0.4, 0.5) is 0 Å². The van der Waals surface area contributed by atoms with Crippen molar-refractivity contribution in [3.63, 3.8) is 0 Å². The molecular formula is C26H30N4O3S. The number of para-hydroxylation sites is 1. The molecule has 0 atom stereocenters. The number of nitrogens with one attached hydrogen (secondary N) is 1. The second-order valence-corrected chi connectivity index (χ2v) is 9.69. The van der Waals surface area contributed by atoms with Crippen molar-refractivity contribution in [2.45, 2.75) is 26.2 Å². The summed E-state index contributed by atoms with van der Waals surface area (Å²) in [5, 5.41) is 14.7. The number of aromatic carboxylic acids is 1. The third-order valence-electron chi connectivity index (χ3n) is 5.82. The number of pyridine rings is 1. The molecule has 7 nitrogen and oxygen atoms in total. The fourth-order valence-corrected chi connectivity index (χ4v) is 4.78. The Hall–Kier alpha value is -3.23. The van der Waals surface area contributed by atoms with Crippen LogP contribution in [-0.2, 0) is 13.5 Å². The average Bonchev–Trinajstić information content (AvgIpc) is 3.51. The fraction of sp³-hybridized carbons (Fsp3) is 0.346. The number of carbonyl (C=O) groups is 1. The van der Waals surface area contributed by atoms with E-state index in [-0.39, 0.29) is 5.69 Å². The molecule has 34 heavy (non-hydrogen) atoms. The molecule has 8 heteroatoms. The van der Waals surface area contributed by atoms with E-state index in [0.29, 0.717) is 15.8 Å². The predicted molar refractivity (Wildman–Crippen MR) is 136 cm³/mol. The number of carboxylic acid groups (broad SMARTS) is 1. The number of thiazole rings is 1. The molecule has 2 N–H and O–H groups in total. The standard InChI is InChI=1S/C15H20N2.C11H10N2O3S/c1-17-11-13(8-9-16-10-12-6-7-12)14-4-2-3-5-15(14)17;1-6-13-9(11(14)15)10(17-6)7-3-4-8(16-2)12-5-7/h2-5,11-12,16H,6-10H2,1H3;3-5H,1-2H3,(H,14,15). The normalized spacial score (nSPS) is 12.9. The minimum absolute atomic E-state index is 0.0690. The molecule has 0 aliphatic heterocycles. The molecule has 0 unspecified atom stereocenters. The smallest absolute Gasteiger partial charge is 0.356 e. The molecule has 1 aromatic carbocycles. The van der Waals surface area contributed by atoms with Crippen LogP contribution in [0.2, 0.25) is 0 Å². The Bertz CT molecular complexity index is 1260. The van der Waals surface area contributed by atoms with Gasteiger partial charge in [0.05, 0.1) is 17.0 Å². The van der Waals surface area contributed by atoms with Crippen molar-refractivity contribution in [3.05, 3.63) is 65.1 Å². The van der Waals surface area contributed by atoms with Crippen LogP contribution in [0.15, 0.2) is 48.8 Å². The van der Waals surface area contributed by atoms with Crippen LogP contribution in [0.1, 0.15) is 33.9 Å². The molecule has 0 radical (unpaired) electrons. The van der Waals surface area contributed by atoms with E-state index in [1.807, 2.05) is 0 Å². The van der Waals surface area contributed by atoms with Gasteiger partial charge >= 0.3 is 5.97 Å². The van der Waals surface area contributed by atoms with Crippen LogP contribution in [0.25, 0.3) is 21.3 Å². The lowest BCUT2D eigenvalue weighted by molar-refractivity contribution is 0.0692. The van der Waals surface area contributed by atoms with Crippen molar-refractivity contribution >= 4 is 28.2 Å². The van der Waals surface area contributed by atoms with Crippen molar-refractivity contribution in [3.8, 4) is 16.3 Å². The van der Waals surface area contributed by atoms with E-state index >= 15 is 0 Å². The van der Waals surface area contributed by atoms with Gasteiger partial charge in [-0.1, -0.05) is 18.2 Å². The van der Waals surface area contributed by atoms with Gasteiger partial charge in [0.1, 0.15) is 0 Å². The number of methoxy groups -OCH3 is 1. The van der Waals surface area contributed by atoms with Crippen LogP contribution >= 0.6 is 11.3 Å². The number of rotatable bonds is 8. The van der Waals surface area contributed by atoms with Crippen molar-refractivity contribution in [1.29, 1.82) is 0 Å². The largest absolute Gasteiger partial charge is 0.481 e. The first kappa shape index (κ1) is 23.9. The third-order valence-corrected chi connectivity index (χ3v) is 6.84. The van der Waals surface area contributed by atoms with Crippen molar-refractivity contribution in [1.82, 2.24) is 19.9 Å². The van der Waals surface area contributed by atoms with Gasteiger partial charge in [-0.05, 0) is 62.9 Å². The van der Waals surface area contributed by atoms with Gasteiger partial charge in [0.2, 0.25) is 5.88 Å². The number of ether oxygens (including phenoxy) is 1. The molecule has 0 amide bonds. The Morgan fingerprint density at radius 1 is 1.26 bits per heavy atom. The topological polar surface area (TPSA) is 89.3 Å². The van der Waals surface area contributed by atoms with Gasteiger partial charge in [-0.3, -0.25) is 0 Å². The van der Waals surface area contributed by atoms with Crippen LogP contribution in [0.5, 0.6) is 5.88 Å². The summed E-state index contributed by atoms with van der Waals surface area (Å²) in [5.41, 5.74) is 3.60. The number of aryl methyl sites for hydroxylation is 2. The van der Waals surface area contributed by atoms with E-state index in [9.17, 15) is 4.79 Å². The highest BCUT2D eigenvalue weighted by atomic mass is 32.1. The minimum Gasteiger partial charge on any atom is -0.481 e. The lowest BCUT2D eigenvalue weighted by Gasteiger charge is -2.02. The molecule has 0 saturated heterocycles. The van der Waals surface area contributed by atoms with Gasteiger partial charge < -0.3 is 19.7 Å². The monoisotopic (exact) mass is 478 g/mol. The number of hydrogen-bond donors (Lipinski definition) is 2. The van der Waals surface area contributed by atoms with E-state index in [2.05, 4.69) is 57.4 Å². The van der Waals surface area contributed by atoms with Crippen molar-refractivity contribution in [2.75, 3.05) is 20.2 Å². The lowest BCUT2D eigenvalue weighted by atomic mass is 10.1. The van der Waals surface area contributed by atoms with Gasteiger partial charge in [-0.15, -0.1) is 11.3 Å². The first-order valence-electron chi connectivity index (χ1n) is 11.4. The summed E-state index contributed by atoms with van der Waals surface area (Å²) in [6.45, 7) is 4.09. The molecule has 4 aromatic rings. The Kier molecular flexibility index (Phi) is 7.59. The predicted octanol–water partition coefficient (Wildman–Crippen LogP) is 4.94. The molecule has 3 heterocycles. The summed E-state index contributed by atoms with van der Waals surface area (Å²) in [7, 11) is 3.66. The van der Waals surface area contributed by atoms with Crippen LogP contribution < -0.4 is 10.1 Å². The highest BCUT2D eigenvalue weighted by Crippen LogP contribution is 2.30. The second kappa shape index (κ2) is 10.8. The number of hydrogen-bond acceptors (Lipinski definition) is 6.